The van der Waals surface area contributed by atoms with Gasteiger partial charge in [-0.2, -0.15) is 0 Å². The van der Waals surface area contributed by atoms with Gasteiger partial charge in [-0.15, -0.1) is 22.7 Å². The van der Waals surface area contributed by atoms with Crippen molar-refractivity contribution in [2.24, 2.45) is 0 Å². The second-order valence-corrected chi connectivity index (χ2v) is 6.94. The first-order chi connectivity index (χ1) is 11.4. The summed E-state index contributed by atoms with van der Waals surface area (Å²) >= 11 is 3.22. The average molecular weight is 348 g/mol. The van der Waals surface area contributed by atoms with Crippen molar-refractivity contribution < 1.29 is 9.47 Å². The zero-order valence-electron chi connectivity index (χ0n) is 12.3. The third-order valence-corrected chi connectivity index (χ3v) is 5.33. The number of nitrogens with one attached hydrogen (secondary N) is 1. The molecule has 4 rings (SSSR count). The minimum absolute atomic E-state index is 0.0718. The lowest BCUT2D eigenvalue weighted by atomic mass is 10.1. The van der Waals surface area contributed by atoms with Crippen LogP contribution < -0.4 is 5.32 Å². The van der Waals surface area contributed by atoms with Gasteiger partial charge in [0.05, 0.1) is 46.8 Å². The van der Waals surface area contributed by atoms with Crippen molar-refractivity contribution >= 4 is 38.7 Å². The summed E-state index contributed by atoms with van der Waals surface area (Å²) in [6, 6.07) is 2.07. The molecule has 8 heteroatoms. The SMILES string of the molecule is c1nc(N[C@@H]2COCC[C@@H]2OCc2cscn2)c2sccc2n1. The van der Waals surface area contributed by atoms with Gasteiger partial charge in [0, 0.05) is 12.0 Å². The topological polar surface area (TPSA) is 69.2 Å². The van der Waals surface area contributed by atoms with Gasteiger partial charge in [-0.05, 0) is 17.9 Å². The third kappa shape index (κ3) is 3.35. The molecule has 0 radical (unpaired) electrons. The van der Waals surface area contributed by atoms with Gasteiger partial charge in [-0.1, -0.05) is 0 Å². The molecule has 0 unspecified atom stereocenters. The molecule has 2 atom stereocenters. The summed E-state index contributed by atoms with van der Waals surface area (Å²) in [5, 5.41) is 7.52. The van der Waals surface area contributed by atoms with Crippen LogP contribution in [0.25, 0.3) is 10.2 Å². The first kappa shape index (κ1) is 14.9. The van der Waals surface area contributed by atoms with Gasteiger partial charge >= 0.3 is 0 Å². The van der Waals surface area contributed by atoms with Crippen LogP contribution in [-0.2, 0) is 16.1 Å². The number of ether oxygens (including phenoxy) is 2. The van der Waals surface area contributed by atoms with Gasteiger partial charge in [-0.3, -0.25) is 0 Å². The van der Waals surface area contributed by atoms with Crippen LogP contribution in [-0.4, -0.2) is 40.3 Å². The summed E-state index contributed by atoms with van der Waals surface area (Å²) in [6.45, 7) is 1.86. The van der Waals surface area contributed by atoms with Gasteiger partial charge in [0.2, 0.25) is 0 Å². The molecule has 0 amide bonds. The van der Waals surface area contributed by atoms with Gasteiger partial charge in [0.25, 0.3) is 0 Å². The Kier molecular flexibility index (Phi) is 4.47. The maximum absolute atomic E-state index is 6.07. The molecule has 1 aliphatic heterocycles. The number of rotatable bonds is 5. The molecule has 0 saturated carbocycles. The molecular weight excluding hydrogens is 332 g/mol. The molecule has 0 bridgehead atoms. The Morgan fingerprint density at radius 3 is 3.26 bits per heavy atom. The molecule has 3 aromatic heterocycles. The highest BCUT2D eigenvalue weighted by molar-refractivity contribution is 7.17. The van der Waals surface area contributed by atoms with Crippen molar-refractivity contribution in [3.63, 3.8) is 0 Å². The Balaban J connectivity index is 1.48. The minimum atomic E-state index is 0.0718. The fourth-order valence-corrected chi connectivity index (χ4v) is 3.96. The molecule has 0 aromatic carbocycles. The summed E-state index contributed by atoms with van der Waals surface area (Å²) in [6.07, 6.45) is 2.53. The zero-order chi connectivity index (χ0) is 15.5. The molecule has 1 fully saturated rings. The minimum Gasteiger partial charge on any atom is -0.379 e. The monoisotopic (exact) mass is 348 g/mol. The van der Waals surface area contributed by atoms with E-state index in [1.165, 1.54) is 0 Å². The van der Waals surface area contributed by atoms with Crippen molar-refractivity contribution in [1.82, 2.24) is 15.0 Å². The second kappa shape index (κ2) is 6.88. The standard InChI is InChI=1S/C15H16N4O2S2/c1-3-20-6-12(13(1)21-5-10-7-22-9-18-10)19-15-14-11(2-4-23-14)16-8-17-15/h2,4,7-9,12-13H,1,3,5-6H2,(H,16,17,19)/t12-,13+/m1/s1. The predicted molar refractivity (Wildman–Crippen MR) is 91.0 cm³/mol. The van der Waals surface area contributed by atoms with Crippen molar-refractivity contribution in [1.29, 1.82) is 0 Å². The van der Waals surface area contributed by atoms with Crippen LogP contribution >= 0.6 is 22.7 Å². The van der Waals surface area contributed by atoms with E-state index in [0.717, 1.165) is 34.8 Å². The molecule has 3 aromatic rings. The maximum Gasteiger partial charge on any atom is 0.147 e. The van der Waals surface area contributed by atoms with Crippen LogP contribution in [0.3, 0.4) is 0 Å². The van der Waals surface area contributed by atoms with E-state index in [2.05, 4.69) is 20.3 Å². The fourth-order valence-electron chi connectivity index (χ4n) is 2.62. The number of fused-ring (bicyclic) bond motifs is 1. The quantitative estimate of drug-likeness (QED) is 0.764. The average Bonchev–Trinajstić information content (AvgIpc) is 3.26. The highest BCUT2D eigenvalue weighted by Crippen LogP contribution is 2.27. The van der Waals surface area contributed by atoms with Crippen molar-refractivity contribution in [2.75, 3.05) is 18.5 Å². The Labute approximate surface area is 141 Å². The number of anilines is 1. The largest absolute Gasteiger partial charge is 0.379 e. The van der Waals surface area contributed by atoms with Crippen LogP contribution in [0.5, 0.6) is 0 Å². The zero-order valence-corrected chi connectivity index (χ0v) is 14.0. The lowest BCUT2D eigenvalue weighted by Gasteiger charge is -2.32. The summed E-state index contributed by atoms with van der Waals surface area (Å²) < 4.78 is 12.8. The molecule has 0 spiro atoms. The van der Waals surface area contributed by atoms with Crippen LogP contribution in [0.4, 0.5) is 5.82 Å². The number of thiazole rings is 1. The van der Waals surface area contributed by atoms with Gasteiger partial charge in [0.15, 0.2) is 0 Å². The van der Waals surface area contributed by atoms with Crippen molar-refractivity contribution in [3.05, 3.63) is 34.4 Å². The summed E-state index contributed by atoms with van der Waals surface area (Å²) in [4.78, 5) is 12.9. The van der Waals surface area contributed by atoms with Gasteiger partial charge in [-0.25, -0.2) is 15.0 Å². The van der Waals surface area contributed by atoms with Crippen molar-refractivity contribution in [3.8, 4) is 0 Å². The third-order valence-electron chi connectivity index (χ3n) is 3.79. The highest BCUT2D eigenvalue weighted by atomic mass is 32.1. The lowest BCUT2D eigenvalue weighted by Crippen LogP contribution is -2.44. The van der Waals surface area contributed by atoms with Crippen LogP contribution in [0.1, 0.15) is 12.1 Å². The highest BCUT2D eigenvalue weighted by Gasteiger charge is 2.27. The van der Waals surface area contributed by atoms with Crippen LogP contribution in [0, 0.1) is 0 Å². The molecule has 1 aliphatic rings. The van der Waals surface area contributed by atoms with Gasteiger partial charge < -0.3 is 14.8 Å². The summed E-state index contributed by atoms with van der Waals surface area (Å²) in [5.41, 5.74) is 3.76. The molecule has 1 saturated heterocycles. The molecule has 4 heterocycles. The predicted octanol–water partition coefficient (Wildman–Crippen LogP) is 2.93. The molecule has 120 valence electrons. The Hall–Kier alpha value is -1.61. The molecule has 6 nitrogen and oxygen atoms in total. The van der Waals surface area contributed by atoms with E-state index >= 15 is 0 Å². The first-order valence-electron chi connectivity index (χ1n) is 7.41. The van der Waals surface area contributed by atoms with E-state index in [1.807, 2.05) is 22.3 Å². The van der Waals surface area contributed by atoms with E-state index < -0.39 is 0 Å². The summed E-state index contributed by atoms with van der Waals surface area (Å²) in [5.74, 6) is 0.850. The van der Waals surface area contributed by atoms with E-state index in [9.17, 15) is 0 Å². The maximum atomic E-state index is 6.07. The van der Waals surface area contributed by atoms with E-state index in [1.54, 1.807) is 29.0 Å². The Morgan fingerprint density at radius 2 is 2.35 bits per heavy atom. The number of thiophene rings is 1. The molecule has 23 heavy (non-hydrogen) atoms. The van der Waals surface area contributed by atoms with Crippen molar-refractivity contribution in [2.45, 2.75) is 25.2 Å². The second-order valence-electron chi connectivity index (χ2n) is 5.30. The summed E-state index contributed by atoms with van der Waals surface area (Å²) in [7, 11) is 0. The number of hydrogen-bond donors (Lipinski definition) is 1. The normalized spacial score (nSPS) is 21.6. The smallest absolute Gasteiger partial charge is 0.147 e. The molecule has 1 N–H and O–H groups in total. The van der Waals surface area contributed by atoms with Crippen LogP contribution in [0.2, 0.25) is 0 Å². The van der Waals surface area contributed by atoms with E-state index in [0.29, 0.717) is 13.2 Å². The fraction of sp³-hybridized carbons (Fsp3) is 0.400. The number of hydrogen-bond acceptors (Lipinski definition) is 8. The van der Waals surface area contributed by atoms with Gasteiger partial charge in [0.1, 0.15) is 12.1 Å². The molecular formula is C15H16N4O2S2. The lowest BCUT2D eigenvalue weighted by molar-refractivity contribution is -0.0485. The van der Waals surface area contributed by atoms with Crippen LogP contribution in [0.15, 0.2) is 28.7 Å². The number of nitrogens with zero attached hydrogens (tertiary/aromatic N) is 3. The number of aromatic nitrogens is 3. The Bertz CT molecular complexity index is 762. The van der Waals surface area contributed by atoms with E-state index in [-0.39, 0.29) is 12.1 Å². The Morgan fingerprint density at radius 1 is 1.35 bits per heavy atom. The first-order valence-corrected chi connectivity index (χ1v) is 9.23. The molecule has 0 aliphatic carbocycles. The van der Waals surface area contributed by atoms with E-state index in [4.69, 9.17) is 9.47 Å².